The molecular weight excluding hydrogens is 217 g/mol. The Hall–Kier alpha value is -0.930. The first kappa shape index (κ1) is 14.1. The fraction of sp³-hybridized carbons (Fsp3) is 0.571. The number of likely N-dealkylation sites (N-methyl/N-ethyl adjacent to an activating group) is 1. The molecule has 1 aromatic rings. The monoisotopic (exact) mass is 239 g/mol. The summed E-state index contributed by atoms with van der Waals surface area (Å²) in [5.41, 5.74) is 2.18. The molecule has 0 spiro atoms. The first-order valence-electron chi connectivity index (χ1n) is 6.23. The summed E-state index contributed by atoms with van der Waals surface area (Å²) in [7, 11) is 0. The van der Waals surface area contributed by atoms with Crippen molar-refractivity contribution in [2.75, 3.05) is 19.8 Å². The summed E-state index contributed by atoms with van der Waals surface area (Å²) in [6.45, 7) is 8.36. The van der Waals surface area contributed by atoms with Crippen LogP contribution in [0.2, 0.25) is 0 Å². The first-order valence-corrected chi connectivity index (χ1v) is 6.23. The van der Waals surface area contributed by atoms with Crippen LogP contribution in [0.5, 0.6) is 0 Å². The Morgan fingerprint density at radius 2 is 2.12 bits per heavy atom. The predicted octanol–water partition coefficient (Wildman–Crippen LogP) is 2.69. The van der Waals surface area contributed by atoms with Crippen LogP contribution in [0.4, 0.5) is 4.39 Å². The molecule has 1 unspecified atom stereocenters. The van der Waals surface area contributed by atoms with Crippen molar-refractivity contribution in [1.82, 2.24) is 5.32 Å². The molecule has 0 radical (unpaired) electrons. The quantitative estimate of drug-likeness (QED) is 0.790. The van der Waals surface area contributed by atoms with Crippen molar-refractivity contribution < 1.29 is 9.13 Å². The third kappa shape index (κ3) is 4.84. The number of hydrogen-bond acceptors (Lipinski definition) is 2. The van der Waals surface area contributed by atoms with Crippen molar-refractivity contribution >= 4 is 0 Å². The van der Waals surface area contributed by atoms with Crippen LogP contribution in [0.15, 0.2) is 18.2 Å². The molecule has 0 aliphatic rings. The summed E-state index contributed by atoms with van der Waals surface area (Å²) >= 11 is 0. The minimum atomic E-state index is -0.170. The van der Waals surface area contributed by atoms with Crippen LogP contribution in [0.25, 0.3) is 0 Å². The van der Waals surface area contributed by atoms with Crippen molar-refractivity contribution in [2.45, 2.75) is 33.2 Å². The Morgan fingerprint density at radius 3 is 2.71 bits per heavy atom. The van der Waals surface area contributed by atoms with Gasteiger partial charge in [-0.05, 0) is 50.1 Å². The van der Waals surface area contributed by atoms with Gasteiger partial charge in [0, 0.05) is 12.6 Å². The number of hydrogen-bond donors (Lipinski definition) is 1. The van der Waals surface area contributed by atoms with Gasteiger partial charge in [-0.1, -0.05) is 13.0 Å². The van der Waals surface area contributed by atoms with Crippen LogP contribution in [0.3, 0.4) is 0 Å². The molecule has 2 nitrogen and oxygen atoms in total. The molecule has 17 heavy (non-hydrogen) atoms. The largest absolute Gasteiger partial charge is 0.380 e. The summed E-state index contributed by atoms with van der Waals surface area (Å²) < 4.78 is 18.4. The van der Waals surface area contributed by atoms with Crippen molar-refractivity contribution in [1.29, 1.82) is 0 Å². The highest BCUT2D eigenvalue weighted by molar-refractivity contribution is 5.27. The predicted molar refractivity (Wildman–Crippen MR) is 68.8 cm³/mol. The van der Waals surface area contributed by atoms with Gasteiger partial charge in [-0.3, -0.25) is 0 Å². The number of halogens is 1. The van der Waals surface area contributed by atoms with Gasteiger partial charge in [-0.25, -0.2) is 4.39 Å². The third-order valence-corrected chi connectivity index (χ3v) is 2.79. The third-order valence-electron chi connectivity index (χ3n) is 2.79. The lowest BCUT2D eigenvalue weighted by atomic mass is 10.0. The Bertz CT molecular complexity index is 341. The Kier molecular flexibility index (Phi) is 6.16. The molecule has 1 N–H and O–H groups in total. The van der Waals surface area contributed by atoms with Crippen LogP contribution >= 0.6 is 0 Å². The second kappa shape index (κ2) is 7.41. The molecule has 0 fully saturated rings. The summed E-state index contributed by atoms with van der Waals surface area (Å²) in [6, 6.07) is 5.26. The zero-order chi connectivity index (χ0) is 12.7. The minimum absolute atomic E-state index is 0.170. The molecule has 0 aromatic heterocycles. The van der Waals surface area contributed by atoms with E-state index in [0.29, 0.717) is 12.6 Å². The van der Waals surface area contributed by atoms with Gasteiger partial charge in [0.2, 0.25) is 0 Å². The second-order valence-corrected chi connectivity index (χ2v) is 4.19. The average Bonchev–Trinajstić information content (AvgIpc) is 2.29. The topological polar surface area (TPSA) is 21.3 Å². The first-order chi connectivity index (χ1) is 8.17. The minimum Gasteiger partial charge on any atom is -0.380 e. The lowest BCUT2D eigenvalue weighted by Crippen LogP contribution is -2.35. The number of nitrogens with one attached hydrogen (secondary N) is 1. The van der Waals surface area contributed by atoms with Crippen molar-refractivity contribution in [2.24, 2.45) is 0 Å². The number of ether oxygens (including phenoxy) is 1. The van der Waals surface area contributed by atoms with Gasteiger partial charge in [0.05, 0.1) is 6.61 Å². The van der Waals surface area contributed by atoms with E-state index in [-0.39, 0.29) is 5.82 Å². The van der Waals surface area contributed by atoms with Crippen molar-refractivity contribution in [3.63, 3.8) is 0 Å². The molecule has 0 amide bonds. The van der Waals surface area contributed by atoms with E-state index in [9.17, 15) is 4.39 Å². The van der Waals surface area contributed by atoms with Crippen LogP contribution in [0, 0.1) is 12.7 Å². The van der Waals surface area contributed by atoms with E-state index in [0.717, 1.165) is 25.1 Å². The summed E-state index contributed by atoms with van der Waals surface area (Å²) in [6.07, 6.45) is 0.875. The zero-order valence-electron chi connectivity index (χ0n) is 10.9. The lowest BCUT2D eigenvalue weighted by molar-refractivity contribution is 0.123. The molecular formula is C14H22FNO. The zero-order valence-corrected chi connectivity index (χ0v) is 10.9. The van der Waals surface area contributed by atoms with E-state index < -0.39 is 0 Å². The Labute approximate surface area is 103 Å². The normalized spacial score (nSPS) is 12.7. The number of benzene rings is 1. The number of rotatable bonds is 7. The SMILES string of the molecule is CCNC(COCC)Cc1ccc(F)cc1C. The van der Waals surface area contributed by atoms with Gasteiger partial charge in [-0.2, -0.15) is 0 Å². The van der Waals surface area contributed by atoms with Crippen LogP contribution in [-0.2, 0) is 11.2 Å². The molecule has 0 bridgehead atoms. The van der Waals surface area contributed by atoms with E-state index in [1.165, 1.54) is 11.6 Å². The van der Waals surface area contributed by atoms with E-state index >= 15 is 0 Å². The van der Waals surface area contributed by atoms with E-state index in [4.69, 9.17) is 4.74 Å². The molecule has 3 heteroatoms. The van der Waals surface area contributed by atoms with E-state index in [2.05, 4.69) is 12.2 Å². The van der Waals surface area contributed by atoms with Crippen molar-refractivity contribution in [3.8, 4) is 0 Å². The molecule has 0 saturated carbocycles. The maximum absolute atomic E-state index is 13.0. The molecule has 1 aromatic carbocycles. The molecule has 0 aliphatic heterocycles. The average molecular weight is 239 g/mol. The highest BCUT2D eigenvalue weighted by Crippen LogP contribution is 2.12. The molecule has 96 valence electrons. The van der Waals surface area contributed by atoms with Gasteiger partial charge < -0.3 is 10.1 Å². The Morgan fingerprint density at radius 1 is 1.35 bits per heavy atom. The highest BCUT2D eigenvalue weighted by atomic mass is 19.1. The molecule has 0 aliphatic carbocycles. The van der Waals surface area contributed by atoms with Gasteiger partial charge in [0.15, 0.2) is 0 Å². The maximum atomic E-state index is 13.0. The van der Waals surface area contributed by atoms with Crippen LogP contribution in [-0.4, -0.2) is 25.8 Å². The Balaban J connectivity index is 2.64. The molecule has 0 saturated heterocycles. The fourth-order valence-corrected chi connectivity index (χ4v) is 1.89. The van der Waals surface area contributed by atoms with Crippen LogP contribution < -0.4 is 5.32 Å². The smallest absolute Gasteiger partial charge is 0.123 e. The van der Waals surface area contributed by atoms with Gasteiger partial charge in [0.1, 0.15) is 5.82 Å². The number of aryl methyl sites for hydroxylation is 1. The molecule has 1 rings (SSSR count). The summed E-state index contributed by atoms with van der Waals surface area (Å²) in [4.78, 5) is 0. The van der Waals surface area contributed by atoms with E-state index in [1.807, 2.05) is 19.9 Å². The van der Waals surface area contributed by atoms with Gasteiger partial charge in [0.25, 0.3) is 0 Å². The van der Waals surface area contributed by atoms with Gasteiger partial charge >= 0.3 is 0 Å². The van der Waals surface area contributed by atoms with Crippen molar-refractivity contribution in [3.05, 3.63) is 35.1 Å². The summed E-state index contributed by atoms with van der Waals surface area (Å²) in [5.74, 6) is -0.170. The highest BCUT2D eigenvalue weighted by Gasteiger charge is 2.10. The molecule has 1 atom stereocenters. The molecule has 0 heterocycles. The second-order valence-electron chi connectivity index (χ2n) is 4.19. The van der Waals surface area contributed by atoms with Crippen LogP contribution in [0.1, 0.15) is 25.0 Å². The maximum Gasteiger partial charge on any atom is 0.123 e. The lowest BCUT2D eigenvalue weighted by Gasteiger charge is -2.18. The van der Waals surface area contributed by atoms with Gasteiger partial charge in [-0.15, -0.1) is 0 Å². The summed E-state index contributed by atoms with van der Waals surface area (Å²) in [5, 5.41) is 3.39. The fourth-order valence-electron chi connectivity index (χ4n) is 1.89. The standard InChI is InChI=1S/C14H22FNO/c1-4-16-14(10-17-5-2)9-12-6-7-13(15)8-11(12)3/h6-8,14,16H,4-5,9-10H2,1-3H3. The van der Waals surface area contributed by atoms with E-state index in [1.54, 1.807) is 6.07 Å².